The van der Waals surface area contributed by atoms with E-state index in [4.69, 9.17) is 10.00 Å². The normalized spacial score (nSPS) is 9.95. The first kappa shape index (κ1) is 12.6. The van der Waals surface area contributed by atoms with E-state index in [-0.39, 0.29) is 17.2 Å². The van der Waals surface area contributed by atoms with Gasteiger partial charge in [-0.25, -0.2) is 0 Å². The third-order valence-electron chi connectivity index (χ3n) is 2.59. The first-order valence-electron chi connectivity index (χ1n) is 5.44. The van der Waals surface area contributed by atoms with Crippen LogP contribution in [0.2, 0.25) is 0 Å². The van der Waals surface area contributed by atoms with Crippen LogP contribution in [0.25, 0.3) is 10.9 Å². The van der Waals surface area contributed by atoms with Gasteiger partial charge in [0.05, 0.1) is 18.3 Å². The van der Waals surface area contributed by atoms with Crippen LogP contribution in [-0.2, 0) is 4.79 Å². The number of nitriles is 1. The van der Waals surface area contributed by atoms with Gasteiger partial charge >= 0.3 is 0 Å². The first-order valence-corrected chi connectivity index (χ1v) is 5.44. The number of aromatic hydroxyl groups is 1. The third kappa shape index (κ3) is 2.26. The second kappa shape index (κ2) is 4.82. The lowest BCUT2D eigenvalue weighted by Gasteiger charge is -2.11. The summed E-state index contributed by atoms with van der Waals surface area (Å²) in [5, 5.41) is 21.8. The Morgan fingerprint density at radius 2 is 2.26 bits per heavy atom. The Balaban J connectivity index is 2.72. The molecule has 2 rings (SSSR count). The van der Waals surface area contributed by atoms with Gasteiger partial charge in [-0.15, -0.1) is 0 Å². The molecule has 1 aromatic heterocycles. The van der Waals surface area contributed by atoms with Crippen LogP contribution in [0.1, 0.15) is 12.5 Å². The second-order valence-electron chi connectivity index (χ2n) is 3.88. The average molecular weight is 257 g/mol. The van der Waals surface area contributed by atoms with Gasteiger partial charge in [-0.3, -0.25) is 9.78 Å². The summed E-state index contributed by atoms with van der Waals surface area (Å²) in [6, 6.07) is 4.96. The molecule has 0 aliphatic rings. The highest BCUT2D eigenvalue weighted by atomic mass is 16.5. The molecular formula is C13H11N3O3. The summed E-state index contributed by atoms with van der Waals surface area (Å²) in [6.45, 7) is 1.37. The van der Waals surface area contributed by atoms with Gasteiger partial charge < -0.3 is 15.2 Å². The molecule has 0 saturated carbocycles. The number of hydrogen-bond acceptors (Lipinski definition) is 5. The van der Waals surface area contributed by atoms with Crippen LogP contribution in [-0.4, -0.2) is 23.1 Å². The van der Waals surface area contributed by atoms with Crippen molar-refractivity contribution < 1.29 is 14.6 Å². The molecule has 0 aliphatic heterocycles. The Morgan fingerprint density at radius 3 is 2.84 bits per heavy atom. The minimum Gasteiger partial charge on any atom is -0.506 e. The molecule has 1 amide bonds. The Bertz CT molecular complexity index is 704. The topological polar surface area (TPSA) is 95.2 Å². The summed E-state index contributed by atoms with van der Waals surface area (Å²) in [5.41, 5.74) is 0.962. The van der Waals surface area contributed by atoms with Crippen molar-refractivity contribution in [1.82, 2.24) is 4.98 Å². The predicted octanol–water partition coefficient (Wildman–Crippen LogP) is 1.78. The largest absolute Gasteiger partial charge is 0.506 e. The van der Waals surface area contributed by atoms with Gasteiger partial charge in [-0.05, 0) is 6.07 Å². The predicted molar refractivity (Wildman–Crippen MR) is 69.0 cm³/mol. The molecule has 0 unspecified atom stereocenters. The van der Waals surface area contributed by atoms with Crippen molar-refractivity contribution in [3.63, 3.8) is 0 Å². The number of aromatic nitrogens is 1. The van der Waals surface area contributed by atoms with Crippen molar-refractivity contribution in [3.05, 3.63) is 23.9 Å². The molecule has 6 nitrogen and oxygen atoms in total. The number of pyridine rings is 1. The molecule has 1 heterocycles. The van der Waals surface area contributed by atoms with Gasteiger partial charge in [0.25, 0.3) is 0 Å². The Labute approximate surface area is 109 Å². The second-order valence-corrected chi connectivity index (χ2v) is 3.88. The maximum atomic E-state index is 11.1. The molecule has 0 spiro atoms. The number of benzene rings is 1. The van der Waals surface area contributed by atoms with Gasteiger partial charge in [-0.2, -0.15) is 5.26 Å². The molecule has 0 aliphatic carbocycles. The minimum atomic E-state index is -0.262. The number of amides is 1. The highest BCUT2D eigenvalue weighted by Crippen LogP contribution is 2.34. The van der Waals surface area contributed by atoms with E-state index >= 15 is 0 Å². The molecular weight excluding hydrogens is 246 g/mol. The molecule has 0 fully saturated rings. The van der Waals surface area contributed by atoms with Crippen LogP contribution in [0.5, 0.6) is 11.5 Å². The Kier molecular flexibility index (Phi) is 3.21. The Morgan fingerprint density at radius 1 is 1.53 bits per heavy atom. The van der Waals surface area contributed by atoms with Crippen LogP contribution < -0.4 is 10.1 Å². The van der Waals surface area contributed by atoms with Crippen molar-refractivity contribution >= 4 is 22.5 Å². The number of fused-ring (bicyclic) bond motifs is 1. The highest BCUT2D eigenvalue weighted by molar-refractivity contribution is 5.97. The van der Waals surface area contributed by atoms with Crippen LogP contribution >= 0.6 is 0 Å². The van der Waals surface area contributed by atoms with E-state index in [0.29, 0.717) is 22.3 Å². The maximum absolute atomic E-state index is 11.1. The molecule has 6 heteroatoms. The van der Waals surface area contributed by atoms with Crippen molar-refractivity contribution in [1.29, 1.82) is 5.26 Å². The molecule has 1 aromatic carbocycles. The number of nitrogens with one attached hydrogen (secondary N) is 1. The fraction of sp³-hybridized carbons (Fsp3) is 0.154. The van der Waals surface area contributed by atoms with Gasteiger partial charge in [0.2, 0.25) is 5.91 Å². The van der Waals surface area contributed by atoms with E-state index < -0.39 is 0 Å². The van der Waals surface area contributed by atoms with E-state index in [1.54, 1.807) is 6.07 Å². The number of carbonyl (C=O) groups is 1. The zero-order valence-corrected chi connectivity index (χ0v) is 10.4. The van der Waals surface area contributed by atoms with E-state index in [1.165, 1.54) is 26.3 Å². The van der Waals surface area contributed by atoms with Crippen LogP contribution in [0.4, 0.5) is 5.69 Å². The van der Waals surface area contributed by atoms with Crippen LogP contribution in [0, 0.1) is 11.3 Å². The fourth-order valence-corrected chi connectivity index (χ4v) is 1.74. The van der Waals surface area contributed by atoms with Gasteiger partial charge in [0.15, 0.2) is 0 Å². The quantitative estimate of drug-likeness (QED) is 0.854. The van der Waals surface area contributed by atoms with E-state index in [1.807, 2.05) is 6.07 Å². The summed E-state index contributed by atoms with van der Waals surface area (Å²) in [5.74, 6) is 0.00241. The van der Waals surface area contributed by atoms with Crippen LogP contribution in [0.3, 0.4) is 0 Å². The lowest BCUT2D eigenvalue weighted by atomic mass is 10.1. The summed E-state index contributed by atoms with van der Waals surface area (Å²) in [6.07, 6.45) is 1.29. The fourth-order valence-electron chi connectivity index (χ4n) is 1.74. The molecule has 96 valence electrons. The maximum Gasteiger partial charge on any atom is 0.221 e. The number of nitrogens with zero attached hydrogens (tertiary/aromatic N) is 2. The number of methoxy groups -OCH3 is 1. The van der Waals surface area contributed by atoms with Crippen LogP contribution in [0.15, 0.2) is 18.3 Å². The van der Waals surface area contributed by atoms with Crippen molar-refractivity contribution in [3.8, 4) is 17.6 Å². The highest BCUT2D eigenvalue weighted by Gasteiger charge is 2.12. The molecule has 2 N–H and O–H groups in total. The first-order chi connectivity index (χ1) is 9.06. The summed E-state index contributed by atoms with van der Waals surface area (Å²) in [4.78, 5) is 15.2. The van der Waals surface area contributed by atoms with Gasteiger partial charge in [0, 0.05) is 24.6 Å². The molecule has 0 atom stereocenters. The SMILES string of the molecule is COc1cc2ncc(C#N)c(O)c2cc1NC(C)=O. The Hall–Kier alpha value is -2.81. The van der Waals surface area contributed by atoms with Gasteiger partial charge in [0.1, 0.15) is 23.1 Å². The lowest BCUT2D eigenvalue weighted by molar-refractivity contribution is -0.114. The lowest BCUT2D eigenvalue weighted by Crippen LogP contribution is -2.07. The van der Waals surface area contributed by atoms with E-state index in [0.717, 1.165) is 0 Å². The summed E-state index contributed by atoms with van der Waals surface area (Å²) >= 11 is 0. The summed E-state index contributed by atoms with van der Waals surface area (Å²) < 4.78 is 5.15. The zero-order chi connectivity index (χ0) is 14.0. The summed E-state index contributed by atoms with van der Waals surface area (Å²) in [7, 11) is 1.47. The monoisotopic (exact) mass is 257 g/mol. The van der Waals surface area contributed by atoms with Gasteiger partial charge in [-0.1, -0.05) is 0 Å². The number of hydrogen-bond donors (Lipinski definition) is 2. The third-order valence-corrected chi connectivity index (χ3v) is 2.59. The molecule has 2 aromatic rings. The molecule has 19 heavy (non-hydrogen) atoms. The smallest absolute Gasteiger partial charge is 0.221 e. The van der Waals surface area contributed by atoms with Crippen molar-refractivity contribution in [2.24, 2.45) is 0 Å². The molecule has 0 radical (unpaired) electrons. The number of carbonyl (C=O) groups excluding carboxylic acids is 1. The number of rotatable bonds is 2. The zero-order valence-electron chi connectivity index (χ0n) is 10.4. The average Bonchev–Trinajstić information content (AvgIpc) is 2.38. The van der Waals surface area contributed by atoms with Crippen molar-refractivity contribution in [2.45, 2.75) is 6.92 Å². The number of ether oxygens (including phenoxy) is 1. The standard InChI is InChI=1S/C13H11N3O3/c1-7(17)16-11-3-9-10(4-12(11)19-2)15-6-8(5-14)13(9)18/h3-4,6H,1-2H3,(H,15,18)(H,16,17). The number of anilines is 1. The molecule has 0 bridgehead atoms. The van der Waals surface area contributed by atoms with E-state index in [9.17, 15) is 9.90 Å². The van der Waals surface area contributed by atoms with Crippen molar-refractivity contribution in [2.75, 3.05) is 12.4 Å². The minimum absolute atomic E-state index is 0.0754. The van der Waals surface area contributed by atoms with E-state index in [2.05, 4.69) is 10.3 Å². The molecule has 0 saturated heterocycles.